The number of likely N-dealkylation sites (tertiary alicyclic amines) is 1. The molecule has 2 unspecified atom stereocenters. The van der Waals surface area contributed by atoms with Crippen molar-refractivity contribution in [3.05, 3.63) is 24.2 Å². The smallest absolute Gasteiger partial charge is 0.317 e. The Morgan fingerprint density at radius 2 is 2.38 bits per heavy atom. The van der Waals surface area contributed by atoms with Gasteiger partial charge in [-0.1, -0.05) is 6.92 Å². The lowest BCUT2D eigenvalue weighted by molar-refractivity contribution is -0.138. The SMILES string of the molecule is CC(CC(=O)O)C1CCCN(C(=O)NCc2ccoc2)C1. The van der Waals surface area contributed by atoms with Gasteiger partial charge in [0.05, 0.1) is 12.5 Å². The zero-order valence-corrected chi connectivity index (χ0v) is 12.2. The molecule has 116 valence electrons. The van der Waals surface area contributed by atoms with Crippen molar-refractivity contribution in [2.75, 3.05) is 13.1 Å². The van der Waals surface area contributed by atoms with Gasteiger partial charge in [-0.2, -0.15) is 0 Å². The highest BCUT2D eigenvalue weighted by molar-refractivity contribution is 5.74. The van der Waals surface area contributed by atoms with Crippen molar-refractivity contribution in [2.45, 2.75) is 32.7 Å². The first-order chi connectivity index (χ1) is 10.1. The normalized spacial score (nSPS) is 20.0. The van der Waals surface area contributed by atoms with Gasteiger partial charge in [-0.05, 0) is 30.7 Å². The molecule has 1 aliphatic rings. The molecule has 21 heavy (non-hydrogen) atoms. The van der Waals surface area contributed by atoms with Crippen LogP contribution in [0.3, 0.4) is 0 Å². The third-order valence-electron chi connectivity index (χ3n) is 4.07. The first-order valence-corrected chi connectivity index (χ1v) is 7.32. The molecule has 2 heterocycles. The maximum Gasteiger partial charge on any atom is 0.317 e. The zero-order chi connectivity index (χ0) is 15.2. The van der Waals surface area contributed by atoms with Crippen molar-refractivity contribution >= 4 is 12.0 Å². The van der Waals surface area contributed by atoms with Crippen LogP contribution in [-0.2, 0) is 11.3 Å². The lowest BCUT2D eigenvalue weighted by Crippen LogP contribution is -2.46. The summed E-state index contributed by atoms with van der Waals surface area (Å²) < 4.78 is 4.96. The van der Waals surface area contributed by atoms with E-state index in [0.717, 1.165) is 24.9 Å². The Morgan fingerprint density at radius 1 is 1.57 bits per heavy atom. The van der Waals surface area contributed by atoms with Gasteiger partial charge in [0.1, 0.15) is 0 Å². The number of hydrogen-bond acceptors (Lipinski definition) is 3. The molecule has 1 aromatic rings. The Morgan fingerprint density at radius 3 is 3.05 bits per heavy atom. The van der Waals surface area contributed by atoms with Crippen LogP contribution in [-0.4, -0.2) is 35.1 Å². The number of hydrogen-bond donors (Lipinski definition) is 2. The van der Waals surface area contributed by atoms with Gasteiger partial charge in [-0.3, -0.25) is 4.79 Å². The molecule has 0 aliphatic carbocycles. The fourth-order valence-electron chi connectivity index (χ4n) is 2.78. The first kappa shape index (κ1) is 15.4. The van der Waals surface area contributed by atoms with E-state index in [1.165, 1.54) is 0 Å². The van der Waals surface area contributed by atoms with E-state index in [-0.39, 0.29) is 24.3 Å². The number of carboxylic acids is 1. The topological polar surface area (TPSA) is 82.8 Å². The van der Waals surface area contributed by atoms with Crippen molar-refractivity contribution in [1.82, 2.24) is 10.2 Å². The fourth-order valence-corrected chi connectivity index (χ4v) is 2.78. The van der Waals surface area contributed by atoms with E-state index < -0.39 is 5.97 Å². The fraction of sp³-hybridized carbons (Fsp3) is 0.600. The van der Waals surface area contributed by atoms with E-state index in [9.17, 15) is 9.59 Å². The van der Waals surface area contributed by atoms with Gasteiger partial charge in [0, 0.05) is 31.6 Å². The molecule has 1 fully saturated rings. The van der Waals surface area contributed by atoms with E-state index in [0.29, 0.717) is 13.1 Å². The number of nitrogens with one attached hydrogen (secondary N) is 1. The Kier molecular flexibility index (Phi) is 5.25. The summed E-state index contributed by atoms with van der Waals surface area (Å²) in [6.07, 6.45) is 5.25. The minimum Gasteiger partial charge on any atom is -0.481 e. The Labute approximate surface area is 124 Å². The van der Waals surface area contributed by atoms with Crippen LogP contribution in [0.1, 0.15) is 31.7 Å². The summed E-state index contributed by atoms with van der Waals surface area (Å²) in [5.41, 5.74) is 0.927. The van der Waals surface area contributed by atoms with Crippen molar-refractivity contribution in [3.63, 3.8) is 0 Å². The average Bonchev–Trinajstić information content (AvgIpc) is 2.97. The van der Waals surface area contributed by atoms with Crippen LogP contribution in [0.4, 0.5) is 4.79 Å². The van der Waals surface area contributed by atoms with Gasteiger partial charge in [-0.15, -0.1) is 0 Å². The summed E-state index contributed by atoms with van der Waals surface area (Å²) >= 11 is 0. The highest BCUT2D eigenvalue weighted by Gasteiger charge is 2.28. The minimum absolute atomic E-state index is 0.0898. The Hall–Kier alpha value is -1.98. The molecule has 2 amide bonds. The molecule has 2 atom stereocenters. The molecule has 2 rings (SSSR count). The Balaban J connectivity index is 1.82. The third-order valence-corrected chi connectivity index (χ3v) is 4.07. The average molecular weight is 294 g/mol. The molecule has 1 aromatic heterocycles. The molecule has 0 bridgehead atoms. The molecular formula is C15H22N2O4. The predicted octanol–water partition coefficient (Wildman–Crippen LogP) is 2.31. The monoisotopic (exact) mass is 294 g/mol. The number of furan rings is 1. The van der Waals surface area contributed by atoms with Crippen LogP contribution in [0, 0.1) is 11.8 Å². The van der Waals surface area contributed by atoms with Gasteiger partial charge in [0.15, 0.2) is 0 Å². The second-order valence-electron chi connectivity index (χ2n) is 5.71. The van der Waals surface area contributed by atoms with Gasteiger partial charge in [0.2, 0.25) is 0 Å². The van der Waals surface area contributed by atoms with Crippen LogP contribution >= 0.6 is 0 Å². The quantitative estimate of drug-likeness (QED) is 0.873. The second-order valence-corrected chi connectivity index (χ2v) is 5.71. The second kappa shape index (κ2) is 7.15. The lowest BCUT2D eigenvalue weighted by atomic mass is 9.85. The molecule has 0 spiro atoms. The van der Waals surface area contributed by atoms with Crippen LogP contribution in [0.5, 0.6) is 0 Å². The molecule has 0 saturated carbocycles. The van der Waals surface area contributed by atoms with Crippen LogP contribution in [0.15, 0.2) is 23.0 Å². The molecule has 0 aromatic carbocycles. The van der Waals surface area contributed by atoms with E-state index in [1.54, 1.807) is 17.4 Å². The van der Waals surface area contributed by atoms with Gasteiger partial charge >= 0.3 is 12.0 Å². The molecule has 1 saturated heterocycles. The summed E-state index contributed by atoms with van der Waals surface area (Å²) in [4.78, 5) is 24.7. The number of rotatable bonds is 5. The number of nitrogens with zero attached hydrogens (tertiary/aromatic N) is 1. The van der Waals surface area contributed by atoms with Gasteiger partial charge in [0.25, 0.3) is 0 Å². The zero-order valence-electron chi connectivity index (χ0n) is 12.2. The molecule has 1 aliphatic heterocycles. The molecule has 2 N–H and O–H groups in total. The number of carboxylic acid groups (broad SMARTS) is 1. The third kappa shape index (κ3) is 4.51. The predicted molar refractivity (Wildman–Crippen MR) is 76.7 cm³/mol. The van der Waals surface area contributed by atoms with Crippen molar-refractivity contribution in [1.29, 1.82) is 0 Å². The van der Waals surface area contributed by atoms with Crippen LogP contribution in [0.2, 0.25) is 0 Å². The maximum atomic E-state index is 12.2. The molecular weight excluding hydrogens is 272 g/mol. The number of amides is 2. The summed E-state index contributed by atoms with van der Waals surface area (Å²) in [6, 6.07) is 1.72. The maximum absolute atomic E-state index is 12.2. The van der Waals surface area contributed by atoms with Crippen molar-refractivity contribution in [2.24, 2.45) is 11.8 Å². The van der Waals surface area contributed by atoms with E-state index >= 15 is 0 Å². The number of piperidine rings is 1. The van der Waals surface area contributed by atoms with Crippen LogP contribution in [0.25, 0.3) is 0 Å². The van der Waals surface area contributed by atoms with E-state index in [4.69, 9.17) is 9.52 Å². The summed E-state index contributed by atoms with van der Waals surface area (Å²) in [7, 11) is 0. The van der Waals surface area contributed by atoms with Gasteiger partial charge < -0.3 is 19.7 Å². The summed E-state index contributed by atoms with van der Waals surface area (Å²) in [5.74, 6) is -0.425. The van der Waals surface area contributed by atoms with Crippen LogP contribution < -0.4 is 5.32 Å². The van der Waals surface area contributed by atoms with Gasteiger partial charge in [-0.25, -0.2) is 4.79 Å². The lowest BCUT2D eigenvalue weighted by Gasteiger charge is -2.35. The number of carbonyl (C=O) groups excluding carboxylic acids is 1. The van der Waals surface area contributed by atoms with E-state index in [1.807, 2.05) is 13.0 Å². The summed E-state index contributed by atoms with van der Waals surface area (Å²) in [5, 5.41) is 11.7. The molecule has 6 heteroatoms. The van der Waals surface area contributed by atoms with Crippen molar-refractivity contribution < 1.29 is 19.1 Å². The van der Waals surface area contributed by atoms with E-state index in [2.05, 4.69) is 5.32 Å². The standard InChI is InChI=1S/C15H22N2O4/c1-11(7-14(18)19)13-3-2-5-17(9-13)15(20)16-8-12-4-6-21-10-12/h4,6,10-11,13H,2-3,5,7-9H2,1H3,(H,16,20)(H,18,19). The Bertz CT molecular complexity index is 472. The molecule has 6 nitrogen and oxygen atoms in total. The number of aliphatic carboxylic acids is 1. The summed E-state index contributed by atoms with van der Waals surface area (Å²) in [6.45, 7) is 3.76. The molecule has 0 radical (unpaired) electrons. The number of carbonyl (C=O) groups is 2. The number of urea groups is 1. The van der Waals surface area contributed by atoms with Crippen molar-refractivity contribution in [3.8, 4) is 0 Å². The minimum atomic E-state index is -0.774. The first-order valence-electron chi connectivity index (χ1n) is 7.32. The highest BCUT2D eigenvalue weighted by Crippen LogP contribution is 2.26. The largest absolute Gasteiger partial charge is 0.481 e. The highest BCUT2D eigenvalue weighted by atomic mass is 16.4.